The Hall–Kier alpha value is -1.15. The molecule has 0 saturated heterocycles. The van der Waals surface area contributed by atoms with E-state index in [0.29, 0.717) is 5.56 Å². The van der Waals surface area contributed by atoms with Gasteiger partial charge in [-0.15, -0.1) is 0 Å². The smallest absolute Gasteiger partial charge is 0.326 e. The van der Waals surface area contributed by atoms with Gasteiger partial charge in [-0.2, -0.15) is 4.72 Å². The van der Waals surface area contributed by atoms with E-state index in [0.717, 1.165) is 7.11 Å². The highest BCUT2D eigenvalue weighted by Gasteiger charge is 2.26. The van der Waals surface area contributed by atoms with Gasteiger partial charge in [0.2, 0.25) is 10.0 Å². The molecule has 0 aromatic heterocycles. The van der Waals surface area contributed by atoms with E-state index in [2.05, 4.69) is 9.46 Å². The maximum absolute atomic E-state index is 12.1. The van der Waals surface area contributed by atoms with Crippen LogP contribution in [0.15, 0.2) is 23.1 Å². The molecule has 0 aliphatic heterocycles. The van der Waals surface area contributed by atoms with Crippen LogP contribution in [0.3, 0.4) is 0 Å². The Morgan fingerprint density at radius 2 is 2.16 bits per heavy atom. The molecule has 1 aromatic rings. The second kappa shape index (κ2) is 6.33. The highest BCUT2D eigenvalue weighted by Crippen LogP contribution is 2.20. The van der Waals surface area contributed by atoms with Crippen LogP contribution >= 0.6 is 11.6 Å². The van der Waals surface area contributed by atoms with Crippen LogP contribution in [0.5, 0.6) is 0 Å². The van der Waals surface area contributed by atoms with Crippen LogP contribution in [0.4, 0.5) is 0 Å². The average molecular weight is 308 g/mol. The van der Waals surface area contributed by atoms with E-state index in [4.69, 9.17) is 16.7 Å². The topological polar surface area (TPSA) is 92.7 Å². The lowest BCUT2D eigenvalue weighted by Gasteiger charge is -2.15. The Kier molecular flexibility index (Phi) is 5.30. The molecule has 1 aromatic carbocycles. The molecule has 0 amide bonds. The maximum Gasteiger partial charge on any atom is 0.326 e. The summed E-state index contributed by atoms with van der Waals surface area (Å²) in [6, 6.07) is 3.02. The Labute approximate surface area is 116 Å². The van der Waals surface area contributed by atoms with Crippen molar-refractivity contribution in [3.05, 3.63) is 28.8 Å². The fourth-order valence-electron chi connectivity index (χ4n) is 1.42. The van der Waals surface area contributed by atoms with Gasteiger partial charge in [0.1, 0.15) is 6.04 Å². The molecule has 106 valence electrons. The monoisotopic (exact) mass is 307 g/mol. The minimum Gasteiger partial charge on any atom is -0.468 e. The lowest BCUT2D eigenvalue weighted by molar-refractivity contribution is -0.143. The van der Waals surface area contributed by atoms with Crippen LogP contribution < -0.4 is 4.72 Å². The molecule has 0 saturated carbocycles. The normalized spacial score (nSPS) is 13.1. The molecule has 19 heavy (non-hydrogen) atoms. The van der Waals surface area contributed by atoms with Gasteiger partial charge in [-0.05, 0) is 24.6 Å². The van der Waals surface area contributed by atoms with Gasteiger partial charge in [0.05, 0.1) is 18.6 Å². The minimum absolute atomic E-state index is 0.0534. The number of halogens is 1. The molecule has 2 N–H and O–H groups in total. The Morgan fingerprint density at radius 3 is 2.68 bits per heavy atom. The molecule has 0 fully saturated rings. The van der Waals surface area contributed by atoms with Crippen molar-refractivity contribution in [2.75, 3.05) is 13.7 Å². The highest BCUT2D eigenvalue weighted by molar-refractivity contribution is 7.89. The van der Waals surface area contributed by atoms with E-state index < -0.39 is 28.6 Å². The molecular weight excluding hydrogens is 294 g/mol. The molecule has 0 spiro atoms. The Balaban J connectivity index is 3.10. The fraction of sp³-hybridized carbons (Fsp3) is 0.364. The van der Waals surface area contributed by atoms with Crippen LogP contribution in [-0.2, 0) is 19.6 Å². The highest BCUT2D eigenvalue weighted by atomic mass is 35.5. The van der Waals surface area contributed by atoms with Crippen molar-refractivity contribution in [1.29, 1.82) is 0 Å². The maximum atomic E-state index is 12.1. The summed E-state index contributed by atoms with van der Waals surface area (Å²) >= 11 is 5.75. The van der Waals surface area contributed by atoms with E-state index in [1.165, 1.54) is 6.07 Å². The lowest BCUT2D eigenvalue weighted by Crippen LogP contribution is -2.44. The summed E-state index contributed by atoms with van der Waals surface area (Å²) < 4.78 is 30.7. The first-order valence-corrected chi connectivity index (χ1v) is 7.15. The number of esters is 1. The third kappa shape index (κ3) is 3.90. The lowest BCUT2D eigenvalue weighted by atomic mass is 10.2. The molecule has 0 heterocycles. The van der Waals surface area contributed by atoms with E-state index in [1.807, 2.05) is 0 Å². The van der Waals surface area contributed by atoms with Crippen molar-refractivity contribution in [2.45, 2.75) is 17.9 Å². The molecule has 6 nitrogen and oxygen atoms in total. The summed E-state index contributed by atoms with van der Waals surface area (Å²) in [6.45, 7) is 0.891. The number of rotatable bonds is 5. The summed E-state index contributed by atoms with van der Waals surface area (Å²) in [6.07, 6.45) is 0. The van der Waals surface area contributed by atoms with Gasteiger partial charge in [0.15, 0.2) is 0 Å². The standard InChI is InChI=1S/C11H14ClNO5S/c1-7-3-4-8(12)5-10(7)19(16,17)13-9(6-14)11(15)18-2/h3-5,9,13-14H,6H2,1-2H3. The van der Waals surface area contributed by atoms with Crippen molar-refractivity contribution >= 4 is 27.6 Å². The van der Waals surface area contributed by atoms with Crippen LogP contribution in [-0.4, -0.2) is 39.3 Å². The first-order chi connectivity index (χ1) is 8.81. The third-order valence-electron chi connectivity index (χ3n) is 2.41. The molecule has 1 unspecified atom stereocenters. The van der Waals surface area contributed by atoms with Gasteiger partial charge in [-0.1, -0.05) is 17.7 Å². The number of aliphatic hydroxyl groups is 1. The number of ether oxygens (including phenoxy) is 1. The molecule has 0 aliphatic rings. The summed E-state index contributed by atoms with van der Waals surface area (Å²) in [7, 11) is -2.87. The number of nitrogens with one attached hydrogen (secondary N) is 1. The van der Waals surface area contributed by atoms with Crippen molar-refractivity contribution in [3.8, 4) is 0 Å². The Morgan fingerprint density at radius 1 is 1.53 bits per heavy atom. The van der Waals surface area contributed by atoms with Gasteiger partial charge in [0, 0.05) is 5.02 Å². The van der Waals surface area contributed by atoms with Crippen molar-refractivity contribution < 1.29 is 23.1 Å². The van der Waals surface area contributed by atoms with Gasteiger partial charge in [0.25, 0.3) is 0 Å². The first kappa shape index (κ1) is 15.9. The van der Waals surface area contributed by atoms with E-state index >= 15 is 0 Å². The largest absolute Gasteiger partial charge is 0.468 e. The molecule has 0 radical (unpaired) electrons. The number of hydrogen-bond donors (Lipinski definition) is 2. The molecule has 0 bridgehead atoms. The quantitative estimate of drug-likeness (QED) is 0.771. The number of carbonyl (C=O) groups is 1. The predicted octanol–water partition coefficient (Wildman–Crippen LogP) is 0.461. The van der Waals surface area contributed by atoms with Crippen LogP contribution in [0.25, 0.3) is 0 Å². The molecule has 1 atom stereocenters. The van der Waals surface area contributed by atoms with Crippen LogP contribution in [0.1, 0.15) is 5.56 Å². The number of hydrogen-bond acceptors (Lipinski definition) is 5. The number of aryl methyl sites for hydroxylation is 1. The summed E-state index contributed by atoms with van der Waals surface area (Å²) in [4.78, 5) is 11.2. The SMILES string of the molecule is COC(=O)C(CO)NS(=O)(=O)c1cc(Cl)ccc1C. The zero-order valence-corrected chi connectivity index (χ0v) is 12.0. The summed E-state index contributed by atoms with van der Waals surface area (Å²) in [5, 5.41) is 9.26. The molecular formula is C11H14ClNO5S. The summed E-state index contributed by atoms with van der Waals surface area (Å²) in [5.74, 6) is -0.870. The molecule has 8 heteroatoms. The van der Waals surface area contributed by atoms with E-state index in [9.17, 15) is 13.2 Å². The number of methoxy groups -OCH3 is 1. The fourth-order valence-corrected chi connectivity index (χ4v) is 3.10. The van der Waals surface area contributed by atoms with Crippen LogP contribution in [0, 0.1) is 6.92 Å². The zero-order valence-electron chi connectivity index (χ0n) is 10.4. The van der Waals surface area contributed by atoms with Gasteiger partial charge < -0.3 is 9.84 Å². The average Bonchev–Trinajstić information content (AvgIpc) is 2.37. The van der Waals surface area contributed by atoms with Gasteiger partial charge in [-0.25, -0.2) is 8.42 Å². The molecule has 0 aliphatic carbocycles. The van der Waals surface area contributed by atoms with Crippen LogP contribution in [0.2, 0.25) is 5.02 Å². The Bertz CT molecular complexity index is 572. The van der Waals surface area contributed by atoms with E-state index in [-0.39, 0.29) is 9.92 Å². The number of carbonyl (C=O) groups excluding carboxylic acids is 1. The number of aliphatic hydroxyl groups excluding tert-OH is 1. The van der Waals surface area contributed by atoms with E-state index in [1.54, 1.807) is 19.1 Å². The number of sulfonamides is 1. The first-order valence-electron chi connectivity index (χ1n) is 5.29. The van der Waals surface area contributed by atoms with Crippen molar-refractivity contribution in [2.24, 2.45) is 0 Å². The second-order valence-corrected chi connectivity index (χ2v) is 5.91. The number of benzene rings is 1. The van der Waals surface area contributed by atoms with Gasteiger partial charge in [-0.3, -0.25) is 4.79 Å². The minimum atomic E-state index is -3.98. The summed E-state index contributed by atoms with van der Waals surface area (Å²) in [5.41, 5.74) is 0.471. The molecule has 1 rings (SSSR count). The second-order valence-electron chi connectivity index (χ2n) is 3.79. The predicted molar refractivity (Wildman–Crippen MR) is 69.4 cm³/mol. The van der Waals surface area contributed by atoms with Crippen molar-refractivity contribution in [3.63, 3.8) is 0 Å². The zero-order chi connectivity index (χ0) is 14.6. The van der Waals surface area contributed by atoms with Gasteiger partial charge >= 0.3 is 5.97 Å². The van der Waals surface area contributed by atoms with Crippen molar-refractivity contribution in [1.82, 2.24) is 4.72 Å². The third-order valence-corrected chi connectivity index (χ3v) is 4.25.